The van der Waals surface area contributed by atoms with Crippen LogP contribution in [0.25, 0.3) is 6.08 Å². The highest BCUT2D eigenvalue weighted by Gasteiger charge is 2.41. The van der Waals surface area contributed by atoms with E-state index in [0.29, 0.717) is 6.42 Å². The highest BCUT2D eigenvalue weighted by molar-refractivity contribution is 5.48. The summed E-state index contributed by atoms with van der Waals surface area (Å²) >= 11 is 0. The first-order chi connectivity index (χ1) is 14.9. The molecular formula is C25H32F2N2O2. The number of benzene rings is 1. The Morgan fingerprint density at radius 3 is 2.55 bits per heavy atom. The zero-order valence-corrected chi connectivity index (χ0v) is 18.2. The maximum atomic E-state index is 14.5. The Hall–Kier alpha value is -2.02. The van der Waals surface area contributed by atoms with Crippen LogP contribution in [0.5, 0.6) is 0 Å². The summed E-state index contributed by atoms with van der Waals surface area (Å²) in [5.74, 6) is -0.496. The van der Waals surface area contributed by atoms with Crippen LogP contribution in [0.1, 0.15) is 37.0 Å². The molecule has 1 saturated heterocycles. The molecule has 31 heavy (non-hydrogen) atoms. The van der Waals surface area contributed by atoms with Crippen LogP contribution >= 0.6 is 0 Å². The molecular weight excluding hydrogens is 398 g/mol. The molecule has 4 nitrogen and oxygen atoms in total. The molecule has 0 bridgehead atoms. The minimum absolute atomic E-state index is 0.0207. The molecule has 2 unspecified atom stereocenters. The van der Waals surface area contributed by atoms with Gasteiger partial charge in [-0.15, -0.1) is 0 Å². The molecule has 0 radical (unpaired) electrons. The Labute approximate surface area is 183 Å². The Bertz CT molecular complexity index is 871. The van der Waals surface area contributed by atoms with Crippen LogP contribution in [0.3, 0.4) is 0 Å². The van der Waals surface area contributed by atoms with E-state index < -0.39 is 17.2 Å². The van der Waals surface area contributed by atoms with Gasteiger partial charge in [0.15, 0.2) is 0 Å². The summed E-state index contributed by atoms with van der Waals surface area (Å²) in [6.07, 6.45) is 6.57. The second-order valence-electron chi connectivity index (χ2n) is 9.17. The molecule has 2 heterocycles. The van der Waals surface area contributed by atoms with E-state index in [-0.39, 0.29) is 17.9 Å². The Balaban J connectivity index is 1.62. The second kappa shape index (κ2) is 9.63. The monoisotopic (exact) mass is 430 g/mol. The van der Waals surface area contributed by atoms with Gasteiger partial charge in [-0.3, -0.25) is 0 Å². The number of rotatable bonds is 5. The van der Waals surface area contributed by atoms with E-state index >= 15 is 0 Å². The Kier molecular flexibility index (Phi) is 6.89. The topological polar surface area (TPSA) is 39.9 Å². The smallest absolute Gasteiger partial charge is 0.129 e. The maximum Gasteiger partial charge on any atom is 0.129 e. The quantitative estimate of drug-likeness (QED) is 0.716. The van der Waals surface area contributed by atoms with Crippen LogP contribution in [0.15, 0.2) is 46.6 Å². The maximum absolute atomic E-state index is 14.5. The molecule has 2 aromatic rings. The number of halogens is 2. The van der Waals surface area contributed by atoms with Gasteiger partial charge in [0.2, 0.25) is 0 Å². The van der Waals surface area contributed by atoms with Gasteiger partial charge in [0, 0.05) is 50.6 Å². The zero-order chi connectivity index (χ0) is 21.8. The van der Waals surface area contributed by atoms with Crippen molar-refractivity contribution in [2.24, 2.45) is 5.92 Å². The van der Waals surface area contributed by atoms with Crippen molar-refractivity contribution in [3.63, 3.8) is 0 Å². The number of nitrogens with zero attached hydrogens (tertiary/aromatic N) is 2. The largest absolute Gasteiger partial charge is 0.465 e. The van der Waals surface area contributed by atoms with Crippen LogP contribution in [0.4, 0.5) is 8.78 Å². The molecule has 1 aromatic heterocycles. The summed E-state index contributed by atoms with van der Waals surface area (Å²) in [6, 6.07) is 7.63. The van der Waals surface area contributed by atoms with Crippen LogP contribution < -0.4 is 0 Å². The first-order valence-electron chi connectivity index (χ1n) is 11.2. The van der Waals surface area contributed by atoms with E-state index in [1.165, 1.54) is 18.2 Å². The molecule has 0 amide bonds. The average Bonchev–Trinajstić information content (AvgIpc) is 3.19. The normalized spacial score (nSPS) is 27.5. The third-order valence-corrected chi connectivity index (χ3v) is 6.85. The van der Waals surface area contributed by atoms with E-state index in [2.05, 4.69) is 16.8 Å². The van der Waals surface area contributed by atoms with E-state index in [0.717, 1.165) is 63.3 Å². The molecule has 0 spiro atoms. The number of furan rings is 1. The molecule has 1 N–H and O–H groups in total. The predicted octanol–water partition coefficient (Wildman–Crippen LogP) is 4.35. The zero-order valence-electron chi connectivity index (χ0n) is 18.2. The Morgan fingerprint density at radius 1 is 1.13 bits per heavy atom. The molecule has 1 aliphatic heterocycles. The molecule has 2 aliphatic rings. The lowest BCUT2D eigenvalue weighted by Crippen LogP contribution is -2.51. The minimum Gasteiger partial charge on any atom is -0.465 e. The third-order valence-electron chi connectivity index (χ3n) is 6.85. The number of likely N-dealkylation sites (N-methyl/N-ethyl adjacent to an activating group) is 1. The van der Waals surface area contributed by atoms with Crippen molar-refractivity contribution >= 4 is 6.08 Å². The standard InChI is InChI=1S/C25H32F2N2O2/c1-28-10-12-29(13-11-28)18-20-6-2-5-19(15-21-7-4-14-31-21)16-25(20,30)17-22-23(26)8-3-9-24(22)27/h3-4,7-9,14-15,20,30H,2,5-6,10-13,16-18H2,1H3/b19-15-. The van der Waals surface area contributed by atoms with Gasteiger partial charge >= 0.3 is 0 Å². The summed E-state index contributed by atoms with van der Waals surface area (Å²) in [6.45, 7) is 4.64. The van der Waals surface area contributed by atoms with E-state index in [9.17, 15) is 13.9 Å². The number of hydrogen-bond acceptors (Lipinski definition) is 4. The summed E-state index contributed by atoms with van der Waals surface area (Å²) in [7, 11) is 2.12. The molecule has 4 rings (SSSR count). The van der Waals surface area contributed by atoms with Gasteiger partial charge < -0.3 is 19.3 Å². The molecule has 1 aromatic carbocycles. The number of aliphatic hydroxyl groups is 1. The van der Waals surface area contributed by atoms with Crippen molar-refractivity contribution < 1.29 is 18.3 Å². The van der Waals surface area contributed by atoms with Crippen LogP contribution in [-0.4, -0.2) is 60.3 Å². The second-order valence-corrected chi connectivity index (χ2v) is 9.17. The molecule has 2 fully saturated rings. The fourth-order valence-corrected chi connectivity index (χ4v) is 4.99. The van der Waals surface area contributed by atoms with Gasteiger partial charge in [-0.05, 0) is 63.1 Å². The third kappa shape index (κ3) is 5.43. The first kappa shape index (κ1) is 22.2. The van der Waals surface area contributed by atoms with Crippen molar-refractivity contribution in [3.8, 4) is 0 Å². The first-order valence-corrected chi connectivity index (χ1v) is 11.2. The lowest BCUT2D eigenvalue weighted by Gasteiger charge is -2.41. The summed E-state index contributed by atoms with van der Waals surface area (Å²) in [5.41, 5.74) is -0.177. The highest BCUT2D eigenvalue weighted by Crippen LogP contribution is 2.40. The lowest BCUT2D eigenvalue weighted by atomic mass is 9.77. The van der Waals surface area contributed by atoms with Crippen molar-refractivity contribution in [1.29, 1.82) is 0 Å². The van der Waals surface area contributed by atoms with Gasteiger partial charge in [0.05, 0.1) is 11.9 Å². The van der Waals surface area contributed by atoms with Crippen molar-refractivity contribution in [1.82, 2.24) is 9.80 Å². The van der Waals surface area contributed by atoms with Crippen LogP contribution in [-0.2, 0) is 6.42 Å². The van der Waals surface area contributed by atoms with Crippen molar-refractivity contribution in [3.05, 3.63) is 65.1 Å². The van der Waals surface area contributed by atoms with Crippen molar-refractivity contribution in [2.45, 2.75) is 37.7 Å². The molecule has 2 atom stereocenters. The average molecular weight is 431 g/mol. The highest BCUT2D eigenvalue weighted by atomic mass is 19.1. The number of piperazine rings is 1. The van der Waals surface area contributed by atoms with E-state index in [1.54, 1.807) is 6.26 Å². The summed E-state index contributed by atoms with van der Waals surface area (Å²) in [4.78, 5) is 4.68. The van der Waals surface area contributed by atoms with Crippen molar-refractivity contribution in [2.75, 3.05) is 39.8 Å². The van der Waals surface area contributed by atoms with Gasteiger partial charge in [-0.2, -0.15) is 0 Å². The fraction of sp³-hybridized carbons (Fsp3) is 0.520. The molecule has 168 valence electrons. The van der Waals surface area contributed by atoms with Gasteiger partial charge in [0.25, 0.3) is 0 Å². The van der Waals surface area contributed by atoms with E-state index in [1.807, 2.05) is 18.2 Å². The fourth-order valence-electron chi connectivity index (χ4n) is 4.99. The van der Waals surface area contributed by atoms with Crippen LogP contribution in [0.2, 0.25) is 0 Å². The SMILES string of the molecule is CN1CCN(CC2CCC/C(=C/c3ccco3)CC2(O)Cc2c(F)cccc2F)CC1. The summed E-state index contributed by atoms with van der Waals surface area (Å²) in [5, 5.41) is 12.0. The molecule has 6 heteroatoms. The van der Waals surface area contributed by atoms with Gasteiger partial charge in [-0.25, -0.2) is 8.78 Å². The minimum atomic E-state index is -1.22. The summed E-state index contributed by atoms with van der Waals surface area (Å²) < 4.78 is 34.5. The molecule has 1 aliphatic carbocycles. The van der Waals surface area contributed by atoms with E-state index in [4.69, 9.17) is 4.42 Å². The number of hydrogen-bond donors (Lipinski definition) is 1. The Morgan fingerprint density at radius 2 is 1.87 bits per heavy atom. The lowest BCUT2D eigenvalue weighted by molar-refractivity contribution is -0.0358. The van der Waals surface area contributed by atoms with Gasteiger partial charge in [0.1, 0.15) is 17.4 Å². The predicted molar refractivity (Wildman–Crippen MR) is 118 cm³/mol. The van der Waals surface area contributed by atoms with Gasteiger partial charge in [-0.1, -0.05) is 11.6 Å². The van der Waals surface area contributed by atoms with Crippen LogP contribution in [0, 0.1) is 17.6 Å². The molecule has 1 saturated carbocycles.